The topological polar surface area (TPSA) is 18.5 Å². The van der Waals surface area contributed by atoms with Gasteiger partial charge in [-0.15, -0.1) is 0 Å². The molecule has 0 saturated carbocycles. The molecular formula is C9H18O2. The molecule has 0 aromatic rings. The molecule has 1 aliphatic rings. The second-order valence-corrected chi connectivity index (χ2v) is 3.60. The van der Waals surface area contributed by atoms with E-state index in [-0.39, 0.29) is 0 Å². The van der Waals surface area contributed by atoms with Gasteiger partial charge in [0.2, 0.25) is 0 Å². The van der Waals surface area contributed by atoms with Gasteiger partial charge in [0.05, 0.1) is 12.7 Å². The molecule has 0 N–H and O–H groups in total. The van der Waals surface area contributed by atoms with E-state index in [1.54, 1.807) is 7.11 Å². The van der Waals surface area contributed by atoms with Crippen LogP contribution in [0.2, 0.25) is 0 Å². The van der Waals surface area contributed by atoms with E-state index in [0.29, 0.717) is 12.0 Å². The maximum absolute atomic E-state index is 5.58. The summed E-state index contributed by atoms with van der Waals surface area (Å²) >= 11 is 0. The van der Waals surface area contributed by atoms with E-state index >= 15 is 0 Å². The lowest BCUT2D eigenvalue weighted by Gasteiger charge is -2.31. The molecule has 1 heterocycles. The van der Waals surface area contributed by atoms with Crippen LogP contribution < -0.4 is 0 Å². The minimum atomic E-state index is 0.339. The van der Waals surface area contributed by atoms with E-state index in [0.717, 1.165) is 25.6 Å². The molecule has 0 radical (unpaired) electrons. The molecule has 0 bridgehead atoms. The Bertz CT molecular complexity index is 114. The quantitative estimate of drug-likeness (QED) is 0.609. The minimum absolute atomic E-state index is 0.339. The summed E-state index contributed by atoms with van der Waals surface area (Å²) in [6, 6.07) is 0. The lowest BCUT2D eigenvalue weighted by Crippen LogP contribution is -2.33. The Balaban J connectivity index is 2.28. The molecule has 11 heavy (non-hydrogen) atoms. The van der Waals surface area contributed by atoms with Crippen LogP contribution in [-0.2, 0) is 9.47 Å². The van der Waals surface area contributed by atoms with E-state index < -0.39 is 0 Å². The highest BCUT2D eigenvalue weighted by atomic mass is 16.5. The molecule has 3 atom stereocenters. The summed E-state index contributed by atoms with van der Waals surface area (Å²) in [6.07, 6.45) is 1.49. The monoisotopic (exact) mass is 158 g/mol. The molecule has 0 aromatic carbocycles. The molecule has 66 valence electrons. The van der Waals surface area contributed by atoms with Crippen molar-refractivity contribution in [2.75, 3.05) is 20.3 Å². The molecule has 1 saturated heterocycles. The van der Waals surface area contributed by atoms with Gasteiger partial charge < -0.3 is 9.47 Å². The standard InChI is InChI=1S/C9H18O2/c1-7-4-9(6-10-3)11-5-8(7)2/h7-9H,4-6H2,1-3H3/t7-,8+,9?/m1/s1. The summed E-state index contributed by atoms with van der Waals surface area (Å²) in [5.74, 6) is 1.49. The number of ether oxygens (including phenoxy) is 2. The number of hydrogen-bond acceptors (Lipinski definition) is 2. The summed E-state index contributed by atoms with van der Waals surface area (Å²) in [5.41, 5.74) is 0. The summed E-state index contributed by atoms with van der Waals surface area (Å²) < 4.78 is 10.6. The van der Waals surface area contributed by atoms with E-state index in [2.05, 4.69) is 13.8 Å². The third-order valence-corrected chi connectivity index (χ3v) is 2.55. The number of hydrogen-bond donors (Lipinski definition) is 0. The SMILES string of the molecule is COCC1C[C@@H](C)[C@@H](C)CO1. The van der Waals surface area contributed by atoms with Crippen molar-refractivity contribution in [3.05, 3.63) is 0 Å². The fraction of sp³-hybridized carbons (Fsp3) is 1.00. The predicted molar refractivity (Wildman–Crippen MR) is 44.6 cm³/mol. The molecule has 2 heteroatoms. The van der Waals surface area contributed by atoms with Gasteiger partial charge in [-0.05, 0) is 18.3 Å². The van der Waals surface area contributed by atoms with Gasteiger partial charge in [0.1, 0.15) is 0 Å². The van der Waals surface area contributed by atoms with Gasteiger partial charge in [0, 0.05) is 13.7 Å². The van der Waals surface area contributed by atoms with Crippen LogP contribution in [0.1, 0.15) is 20.3 Å². The van der Waals surface area contributed by atoms with Gasteiger partial charge in [-0.25, -0.2) is 0 Å². The zero-order valence-corrected chi connectivity index (χ0v) is 7.67. The fourth-order valence-corrected chi connectivity index (χ4v) is 1.47. The maximum Gasteiger partial charge on any atom is 0.0811 e. The first kappa shape index (κ1) is 9.01. The van der Waals surface area contributed by atoms with Gasteiger partial charge >= 0.3 is 0 Å². The van der Waals surface area contributed by atoms with Crippen LogP contribution in [0.3, 0.4) is 0 Å². The van der Waals surface area contributed by atoms with Crippen molar-refractivity contribution in [1.82, 2.24) is 0 Å². The fourth-order valence-electron chi connectivity index (χ4n) is 1.47. The smallest absolute Gasteiger partial charge is 0.0811 e. The normalized spacial score (nSPS) is 39.0. The van der Waals surface area contributed by atoms with Gasteiger partial charge in [0.15, 0.2) is 0 Å². The Morgan fingerprint density at radius 2 is 2.09 bits per heavy atom. The average molecular weight is 158 g/mol. The summed E-state index contributed by atoms with van der Waals surface area (Å²) in [5, 5.41) is 0. The largest absolute Gasteiger partial charge is 0.382 e. The van der Waals surface area contributed by atoms with Crippen molar-refractivity contribution in [3.63, 3.8) is 0 Å². The van der Waals surface area contributed by atoms with Crippen molar-refractivity contribution in [2.45, 2.75) is 26.4 Å². The van der Waals surface area contributed by atoms with E-state index in [1.165, 1.54) is 0 Å². The second kappa shape index (κ2) is 4.07. The summed E-state index contributed by atoms with van der Waals surface area (Å²) in [7, 11) is 1.73. The first-order valence-electron chi connectivity index (χ1n) is 4.34. The lowest BCUT2D eigenvalue weighted by atomic mass is 9.89. The van der Waals surface area contributed by atoms with Gasteiger partial charge in [-0.3, -0.25) is 0 Å². The second-order valence-electron chi connectivity index (χ2n) is 3.60. The third-order valence-electron chi connectivity index (χ3n) is 2.55. The molecule has 1 aliphatic heterocycles. The summed E-state index contributed by atoms with van der Waals surface area (Å²) in [6.45, 7) is 6.18. The molecule has 1 unspecified atom stereocenters. The van der Waals surface area contributed by atoms with Crippen LogP contribution in [0.15, 0.2) is 0 Å². The van der Waals surface area contributed by atoms with Crippen molar-refractivity contribution < 1.29 is 9.47 Å². The predicted octanol–water partition coefficient (Wildman–Crippen LogP) is 1.69. The molecule has 1 fully saturated rings. The molecule has 0 aromatic heterocycles. The molecular weight excluding hydrogens is 140 g/mol. The highest BCUT2D eigenvalue weighted by molar-refractivity contribution is 4.72. The van der Waals surface area contributed by atoms with Crippen molar-refractivity contribution in [1.29, 1.82) is 0 Å². The Labute approximate surface area is 68.9 Å². The van der Waals surface area contributed by atoms with Gasteiger partial charge in [-0.2, -0.15) is 0 Å². The average Bonchev–Trinajstić information content (AvgIpc) is 1.98. The van der Waals surface area contributed by atoms with E-state index in [9.17, 15) is 0 Å². The molecule has 0 spiro atoms. The van der Waals surface area contributed by atoms with Gasteiger partial charge in [-0.1, -0.05) is 13.8 Å². The lowest BCUT2D eigenvalue weighted by molar-refractivity contribution is -0.0681. The van der Waals surface area contributed by atoms with Crippen LogP contribution in [0.5, 0.6) is 0 Å². The highest BCUT2D eigenvalue weighted by Crippen LogP contribution is 2.24. The molecule has 0 amide bonds. The third kappa shape index (κ3) is 2.46. The highest BCUT2D eigenvalue weighted by Gasteiger charge is 2.24. The Kier molecular flexibility index (Phi) is 3.34. The van der Waals surface area contributed by atoms with Crippen molar-refractivity contribution in [2.24, 2.45) is 11.8 Å². The Morgan fingerprint density at radius 1 is 1.36 bits per heavy atom. The summed E-state index contributed by atoms with van der Waals surface area (Å²) in [4.78, 5) is 0. The zero-order valence-electron chi connectivity index (χ0n) is 7.67. The minimum Gasteiger partial charge on any atom is -0.382 e. The first-order valence-corrected chi connectivity index (χ1v) is 4.34. The molecule has 1 rings (SSSR count). The van der Waals surface area contributed by atoms with Crippen molar-refractivity contribution >= 4 is 0 Å². The number of rotatable bonds is 2. The van der Waals surface area contributed by atoms with Crippen LogP contribution >= 0.6 is 0 Å². The van der Waals surface area contributed by atoms with Crippen LogP contribution in [0.4, 0.5) is 0 Å². The number of methoxy groups -OCH3 is 1. The van der Waals surface area contributed by atoms with Crippen LogP contribution in [0, 0.1) is 11.8 Å². The Morgan fingerprint density at radius 3 is 2.64 bits per heavy atom. The van der Waals surface area contributed by atoms with Crippen LogP contribution in [-0.4, -0.2) is 26.4 Å². The molecule has 0 aliphatic carbocycles. The maximum atomic E-state index is 5.58. The van der Waals surface area contributed by atoms with E-state index in [4.69, 9.17) is 9.47 Å². The van der Waals surface area contributed by atoms with Crippen LogP contribution in [0.25, 0.3) is 0 Å². The van der Waals surface area contributed by atoms with Crippen molar-refractivity contribution in [3.8, 4) is 0 Å². The zero-order chi connectivity index (χ0) is 8.27. The van der Waals surface area contributed by atoms with E-state index in [1.807, 2.05) is 0 Å². The first-order chi connectivity index (χ1) is 5.24. The Hall–Kier alpha value is -0.0800. The molecule has 2 nitrogen and oxygen atoms in total. The van der Waals surface area contributed by atoms with Gasteiger partial charge in [0.25, 0.3) is 0 Å².